The summed E-state index contributed by atoms with van der Waals surface area (Å²) in [5, 5.41) is -0.194. The number of fused-ring (bicyclic) bond motifs is 1. The Morgan fingerprint density at radius 2 is 2.00 bits per heavy atom. The van der Waals surface area contributed by atoms with E-state index < -0.39 is 21.0 Å². The van der Waals surface area contributed by atoms with Gasteiger partial charge >= 0.3 is 0 Å². The first-order chi connectivity index (χ1) is 9.21. The molecule has 110 valence electrons. The quantitative estimate of drug-likeness (QED) is 0.834. The maximum absolute atomic E-state index is 12.4. The first-order valence-electron chi connectivity index (χ1n) is 6.20. The van der Waals surface area contributed by atoms with Crippen molar-refractivity contribution in [2.45, 2.75) is 25.0 Å². The Hall–Kier alpha value is -0.780. The summed E-state index contributed by atoms with van der Waals surface area (Å²) in [6.45, 7) is 1.86. The van der Waals surface area contributed by atoms with E-state index in [1.54, 1.807) is 12.1 Å². The van der Waals surface area contributed by atoms with Crippen molar-refractivity contribution in [1.29, 1.82) is 0 Å². The van der Waals surface area contributed by atoms with Crippen LogP contribution in [0.1, 0.15) is 18.9 Å². The number of anilines is 1. The molecule has 0 bridgehead atoms. The summed E-state index contributed by atoms with van der Waals surface area (Å²) < 4.78 is 23.1. The third kappa shape index (κ3) is 2.95. The van der Waals surface area contributed by atoms with Gasteiger partial charge in [-0.1, -0.05) is 23.2 Å². The van der Waals surface area contributed by atoms with E-state index in [-0.39, 0.29) is 0 Å². The third-order valence-corrected chi connectivity index (χ3v) is 5.45. The lowest BCUT2D eigenvalue weighted by Crippen LogP contribution is -2.44. The molecule has 0 aromatic heterocycles. The SMILES string of the molecule is C[C@@H](C(=O)N1CCCc2cc(Cl)cc(Cl)c21)S(C)(=O)=O. The molecular weight excluding hydrogens is 321 g/mol. The summed E-state index contributed by atoms with van der Waals surface area (Å²) in [6, 6.07) is 3.34. The molecule has 1 aliphatic rings. The molecule has 1 atom stereocenters. The molecule has 2 rings (SSSR count). The minimum absolute atomic E-state index is 0.376. The summed E-state index contributed by atoms with van der Waals surface area (Å²) in [5.74, 6) is -0.447. The van der Waals surface area contributed by atoms with Crippen LogP contribution in [0, 0.1) is 0 Å². The van der Waals surface area contributed by atoms with Gasteiger partial charge in [0.05, 0.1) is 10.7 Å². The third-order valence-electron chi connectivity index (χ3n) is 3.46. The maximum Gasteiger partial charge on any atom is 0.245 e. The van der Waals surface area contributed by atoms with Gasteiger partial charge in [0.25, 0.3) is 0 Å². The van der Waals surface area contributed by atoms with Crippen LogP contribution in [-0.4, -0.2) is 32.4 Å². The largest absolute Gasteiger partial charge is 0.310 e. The minimum Gasteiger partial charge on any atom is -0.310 e. The van der Waals surface area contributed by atoms with Gasteiger partial charge in [-0.15, -0.1) is 0 Å². The zero-order valence-electron chi connectivity index (χ0n) is 11.2. The predicted octanol–water partition coefficient (Wildman–Crippen LogP) is 2.71. The average molecular weight is 336 g/mol. The van der Waals surface area contributed by atoms with Crippen LogP contribution in [-0.2, 0) is 21.1 Å². The van der Waals surface area contributed by atoms with E-state index in [0.717, 1.165) is 24.7 Å². The van der Waals surface area contributed by atoms with Gasteiger partial charge in [-0.3, -0.25) is 4.79 Å². The van der Waals surface area contributed by atoms with E-state index in [9.17, 15) is 13.2 Å². The van der Waals surface area contributed by atoms with Crippen LogP contribution in [0.2, 0.25) is 10.0 Å². The molecule has 1 amide bonds. The van der Waals surface area contributed by atoms with Gasteiger partial charge < -0.3 is 4.90 Å². The van der Waals surface area contributed by atoms with E-state index in [0.29, 0.717) is 22.3 Å². The van der Waals surface area contributed by atoms with Gasteiger partial charge in [0.15, 0.2) is 9.84 Å². The summed E-state index contributed by atoms with van der Waals surface area (Å²) in [4.78, 5) is 13.9. The van der Waals surface area contributed by atoms with Crippen molar-refractivity contribution in [3.05, 3.63) is 27.7 Å². The standard InChI is InChI=1S/C13H15Cl2NO3S/c1-8(20(2,18)19)13(17)16-5-3-4-9-6-10(14)7-11(15)12(9)16/h6-8H,3-5H2,1-2H3/t8-/m0/s1. The van der Waals surface area contributed by atoms with E-state index in [4.69, 9.17) is 23.2 Å². The van der Waals surface area contributed by atoms with E-state index in [1.165, 1.54) is 11.8 Å². The first kappa shape index (κ1) is 15.6. The monoisotopic (exact) mass is 335 g/mol. The molecule has 4 nitrogen and oxygen atoms in total. The van der Waals surface area contributed by atoms with Crippen LogP contribution in [0.25, 0.3) is 0 Å². The molecule has 1 aromatic rings. The molecule has 0 saturated carbocycles. The molecule has 1 aromatic carbocycles. The van der Waals surface area contributed by atoms with Crippen molar-refractivity contribution in [3.63, 3.8) is 0 Å². The number of amides is 1. The Labute approximate surface area is 128 Å². The van der Waals surface area contributed by atoms with Gasteiger partial charge in [0.1, 0.15) is 5.25 Å². The van der Waals surface area contributed by atoms with Crippen molar-refractivity contribution in [2.75, 3.05) is 17.7 Å². The Kier molecular flexibility index (Phi) is 4.33. The molecule has 20 heavy (non-hydrogen) atoms. The Morgan fingerprint density at radius 1 is 1.35 bits per heavy atom. The smallest absolute Gasteiger partial charge is 0.245 e. The molecule has 0 spiro atoms. The lowest BCUT2D eigenvalue weighted by atomic mass is 10.0. The van der Waals surface area contributed by atoms with Crippen molar-refractivity contribution in [1.82, 2.24) is 0 Å². The highest BCUT2D eigenvalue weighted by molar-refractivity contribution is 7.92. The molecule has 0 unspecified atom stereocenters. The second-order valence-corrected chi connectivity index (χ2v) is 8.17. The van der Waals surface area contributed by atoms with Crippen molar-refractivity contribution in [3.8, 4) is 0 Å². The normalized spacial score (nSPS) is 16.7. The molecule has 0 aliphatic carbocycles. The molecule has 7 heteroatoms. The maximum atomic E-state index is 12.4. The van der Waals surface area contributed by atoms with Crippen LogP contribution >= 0.6 is 23.2 Å². The van der Waals surface area contributed by atoms with Gasteiger partial charge in [-0.25, -0.2) is 8.42 Å². The number of rotatable bonds is 2. The second kappa shape index (κ2) is 5.54. The number of halogens is 2. The highest BCUT2D eigenvalue weighted by Crippen LogP contribution is 2.37. The van der Waals surface area contributed by atoms with Gasteiger partial charge in [-0.05, 0) is 37.5 Å². The highest BCUT2D eigenvalue weighted by Gasteiger charge is 2.32. The zero-order chi connectivity index (χ0) is 15.1. The fourth-order valence-corrected chi connectivity index (χ4v) is 3.41. The number of hydrogen-bond donors (Lipinski definition) is 0. The van der Waals surface area contributed by atoms with E-state index >= 15 is 0 Å². The van der Waals surface area contributed by atoms with Gasteiger partial charge in [0, 0.05) is 17.8 Å². The zero-order valence-corrected chi connectivity index (χ0v) is 13.5. The van der Waals surface area contributed by atoms with Crippen LogP contribution in [0.5, 0.6) is 0 Å². The van der Waals surface area contributed by atoms with E-state index in [1.807, 2.05) is 0 Å². The molecule has 1 heterocycles. The van der Waals surface area contributed by atoms with Crippen LogP contribution < -0.4 is 4.90 Å². The molecule has 1 aliphatic heterocycles. The Morgan fingerprint density at radius 3 is 2.60 bits per heavy atom. The molecule has 0 fully saturated rings. The highest BCUT2D eigenvalue weighted by atomic mass is 35.5. The topological polar surface area (TPSA) is 54.5 Å². The number of sulfone groups is 1. The lowest BCUT2D eigenvalue weighted by molar-refractivity contribution is -0.118. The second-order valence-electron chi connectivity index (χ2n) is 4.96. The Balaban J connectivity index is 2.46. The van der Waals surface area contributed by atoms with Crippen LogP contribution in [0.4, 0.5) is 5.69 Å². The number of nitrogens with zero attached hydrogens (tertiary/aromatic N) is 1. The summed E-state index contributed by atoms with van der Waals surface area (Å²) in [7, 11) is -3.44. The van der Waals surface area contributed by atoms with Crippen molar-refractivity contribution >= 4 is 44.6 Å². The predicted molar refractivity (Wildman–Crippen MR) is 81.4 cm³/mol. The molecule has 0 saturated heterocycles. The summed E-state index contributed by atoms with van der Waals surface area (Å²) in [5.41, 5.74) is 1.46. The number of benzene rings is 1. The number of aryl methyl sites for hydroxylation is 1. The molecule has 0 radical (unpaired) electrons. The Bertz CT molecular complexity index is 658. The van der Waals surface area contributed by atoms with E-state index in [2.05, 4.69) is 0 Å². The fourth-order valence-electron chi connectivity index (χ4n) is 2.27. The van der Waals surface area contributed by atoms with Crippen molar-refractivity contribution in [2.24, 2.45) is 0 Å². The number of carbonyl (C=O) groups excluding carboxylic acids is 1. The van der Waals surface area contributed by atoms with Gasteiger partial charge in [-0.2, -0.15) is 0 Å². The summed E-state index contributed by atoms with van der Waals surface area (Å²) >= 11 is 12.1. The number of hydrogen-bond acceptors (Lipinski definition) is 3. The number of carbonyl (C=O) groups is 1. The van der Waals surface area contributed by atoms with Crippen LogP contribution in [0.3, 0.4) is 0 Å². The lowest BCUT2D eigenvalue weighted by Gasteiger charge is -2.32. The van der Waals surface area contributed by atoms with Crippen LogP contribution in [0.15, 0.2) is 12.1 Å². The molecular formula is C13H15Cl2NO3S. The van der Waals surface area contributed by atoms with Crippen molar-refractivity contribution < 1.29 is 13.2 Å². The van der Waals surface area contributed by atoms with Gasteiger partial charge in [0.2, 0.25) is 5.91 Å². The summed E-state index contributed by atoms with van der Waals surface area (Å²) in [6.07, 6.45) is 2.59. The first-order valence-corrected chi connectivity index (χ1v) is 8.91. The fraction of sp³-hybridized carbons (Fsp3) is 0.462. The average Bonchev–Trinajstić information content (AvgIpc) is 2.34. The molecule has 0 N–H and O–H groups in total. The minimum atomic E-state index is -3.44.